The quantitative estimate of drug-likeness (QED) is 0.448. The summed E-state index contributed by atoms with van der Waals surface area (Å²) in [4.78, 5) is 10.9. The molecule has 2 unspecified atom stereocenters. The molecule has 2 N–H and O–H groups in total. The predicted octanol–water partition coefficient (Wildman–Crippen LogP) is 3.21. The Morgan fingerprint density at radius 3 is 2.56 bits per heavy atom. The van der Waals surface area contributed by atoms with Crippen molar-refractivity contribution in [1.29, 1.82) is 0 Å². The zero-order chi connectivity index (χ0) is 13.8. The summed E-state index contributed by atoms with van der Waals surface area (Å²) < 4.78 is 0. The average Bonchev–Trinajstić information content (AvgIpc) is 2.29. The SMILES string of the molecule is CCCCCCC1(N)C=C(C)C(C)=CC1[N+](=O)[O-]. The molecular weight excluding hydrogens is 228 g/mol. The molecule has 0 aliphatic heterocycles. The van der Waals surface area contributed by atoms with Crippen LogP contribution in [0.4, 0.5) is 0 Å². The Balaban J connectivity index is 2.78. The van der Waals surface area contributed by atoms with Crippen molar-refractivity contribution in [3.8, 4) is 0 Å². The van der Waals surface area contributed by atoms with Crippen molar-refractivity contribution in [1.82, 2.24) is 0 Å². The molecule has 0 heterocycles. The first-order valence-corrected chi connectivity index (χ1v) is 6.71. The van der Waals surface area contributed by atoms with Crippen molar-refractivity contribution in [2.24, 2.45) is 5.73 Å². The summed E-state index contributed by atoms with van der Waals surface area (Å²) in [6, 6.07) is -0.789. The van der Waals surface area contributed by atoms with Crippen LogP contribution in [0.5, 0.6) is 0 Å². The molecule has 0 fully saturated rings. The molecule has 0 aromatic carbocycles. The molecule has 0 radical (unpaired) electrons. The highest BCUT2D eigenvalue weighted by atomic mass is 16.6. The standard InChI is InChI=1S/C14H24N2O2/c1-4-5-6-7-8-14(15)10-12(3)11(2)9-13(14)16(17)18/h9-10,13H,4-8,15H2,1-3H3. The maximum Gasteiger partial charge on any atom is 0.253 e. The minimum atomic E-state index is -0.819. The number of unbranched alkanes of at least 4 members (excludes halogenated alkanes) is 3. The van der Waals surface area contributed by atoms with Gasteiger partial charge in [-0.3, -0.25) is 10.1 Å². The first-order chi connectivity index (χ1) is 8.40. The van der Waals surface area contributed by atoms with E-state index in [1.54, 1.807) is 6.08 Å². The first kappa shape index (κ1) is 14.9. The number of hydrogen-bond acceptors (Lipinski definition) is 3. The van der Waals surface area contributed by atoms with E-state index in [0.717, 1.165) is 36.8 Å². The summed E-state index contributed by atoms with van der Waals surface area (Å²) in [5.41, 5.74) is 7.48. The molecule has 0 aromatic rings. The lowest BCUT2D eigenvalue weighted by Crippen LogP contribution is -2.53. The Kier molecular flexibility index (Phi) is 5.08. The Hall–Kier alpha value is -1.16. The molecule has 0 aromatic heterocycles. The number of allylic oxidation sites excluding steroid dienone is 2. The first-order valence-electron chi connectivity index (χ1n) is 6.71. The number of nitrogens with two attached hydrogens (primary N) is 1. The predicted molar refractivity (Wildman–Crippen MR) is 74.0 cm³/mol. The molecule has 0 saturated heterocycles. The highest BCUT2D eigenvalue weighted by Gasteiger charge is 2.42. The Bertz CT molecular complexity index is 374. The molecular formula is C14H24N2O2. The van der Waals surface area contributed by atoms with E-state index in [1.165, 1.54) is 0 Å². The van der Waals surface area contributed by atoms with E-state index < -0.39 is 11.6 Å². The minimum Gasteiger partial charge on any atom is -0.316 e. The number of nitrogens with zero attached hydrogens (tertiary/aromatic N) is 1. The van der Waals surface area contributed by atoms with Gasteiger partial charge in [-0.25, -0.2) is 0 Å². The van der Waals surface area contributed by atoms with E-state index in [4.69, 9.17) is 5.73 Å². The molecule has 4 heteroatoms. The molecule has 4 nitrogen and oxygen atoms in total. The number of rotatable bonds is 6. The third kappa shape index (κ3) is 3.42. The van der Waals surface area contributed by atoms with E-state index >= 15 is 0 Å². The maximum absolute atomic E-state index is 11.2. The lowest BCUT2D eigenvalue weighted by atomic mass is 9.78. The second-order valence-corrected chi connectivity index (χ2v) is 5.33. The summed E-state index contributed by atoms with van der Waals surface area (Å²) in [7, 11) is 0. The summed E-state index contributed by atoms with van der Waals surface area (Å²) in [6.07, 6.45) is 8.64. The van der Waals surface area contributed by atoms with Crippen LogP contribution in [0.3, 0.4) is 0 Å². The molecule has 0 saturated carbocycles. The molecule has 1 rings (SSSR count). The summed E-state index contributed by atoms with van der Waals surface area (Å²) in [5.74, 6) is 0. The van der Waals surface area contributed by atoms with Crippen molar-refractivity contribution in [3.05, 3.63) is 33.4 Å². The van der Waals surface area contributed by atoms with Gasteiger partial charge in [0, 0.05) is 4.92 Å². The van der Waals surface area contributed by atoms with Crippen molar-refractivity contribution < 1.29 is 4.92 Å². The van der Waals surface area contributed by atoms with Crippen molar-refractivity contribution in [2.45, 2.75) is 64.5 Å². The van der Waals surface area contributed by atoms with E-state index in [1.807, 2.05) is 19.9 Å². The third-order valence-corrected chi connectivity index (χ3v) is 3.76. The van der Waals surface area contributed by atoms with Gasteiger partial charge in [0.2, 0.25) is 0 Å². The number of hydrogen-bond donors (Lipinski definition) is 1. The lowest BCUT2D eigenvalue weighted by Gasteiger charge is -2.31. The van der Waals surface area contributed by atoms with Crippen LogP contribution in [0.1, 0.15) is 52.9 Å². The van der Waals surface area contributed by atoms with Crippen LogP contribution in [-0.4, -0.2) is 16.5 Å². The van der Waals surface area contributed by atoms with E-state index in [9.17, 15) is 10.1 Å². The van der Waals surface area contributed by atoms with Crippen LogP contribution in [0, 0.1) is 10.1 Å². The molecule has 1 aliphatic rings. The topological polar surface area (TPSA) is 69.2 Å². The highest BCUT2D eigenvalue weighted by molar-refractivity contribution is 5.38. The van der Waals surface area contributed by atoms with Gasteiger partial charge in [0.15, 0.2) is 0 Å². The molecule has 0 spiro atoms. The monoisotopic (exact) mass is 252 g/mol. The van der Waals surface area contributed by atoms with Gasteiger partial charge in [-0.15, -0.1) is 0 Å². The van der Waals surface area contributed by atoms with Gasteiger partial charge in [-0.1, -0.05) is 44.3 Å². The third-order valence-electron chi connectivity index (χ3n) is 3.76. The normalized spacial score (nSPS) is 27.7. The van der Waals surface area contributed by atoms with Crippen LogP contribution in [-0.2, 0) is 0 Å². The maximum atomic E-state index is 11.2. The Morgan fingerprint density at radius 1 is 1.33 bits per heavy atom. The Morgan fingerprint density at radius 2 is 2.00 bits per heavy atom. The number of nitro groups is 1. The molecule has 0 bridgehead atoms. The minimum absolute atomic E-state index is 0.258. The fourth-order valence-electron chi connectivity index (χ4n) is 2.46. The molecule has 2 atom stereocenters. The molecule has 1 aliphatic carbocycles. The van der Waals surface area contributed by atoms with Gasteiger partial charge in [-0.2, -0.15) is 0 Å². The summed E-state index contributed by atoms with van der Waals surface area (Å²) >= 11 is 0. The molecule has 102 valence electrons. The van der Waals surface area contributed by atoms with E-state index in [2.05, 4.69) is 6.92 Å². The van der Waals surface area contributed by atoms with Crippen LogP contribution in [0.2, 0.25) is 0 Å². The van der Waals surface area contributed by atoms with Gasteiger partial charge in [0.05, 0.1) is 0 Å². The van der Waals surface area contributed by atoms with Crippen molar-refractivity contribution in [2.75, 3.05) is 0 Å². The van der Waals surface area contributed by atoms with Crippen LogP contribution >= 0.6 is 0 Å². The van der Waals surface area contributed by atoms with Gasteiger partial charge >= 0.3 is 0 Å². The average molecular weight is 252 g/mol. The fourth-order valence-corrected chi connectivity index (χ4v) is 2.46. The van der Waals surface area contributed by atoms with E-state index in [-0.39, 0.29) is 4.92 Å². The lowest BCUT2D eigenvalue weighted by molar-refractivity contribution is -0.518. The van der Waals surface area contributed by atoms with Gasteiger partial charge in [0.25, 0.3) is 6.04 Å². The van der Waals surface area contributed by atoms with Crippen LogP contribution in [0.15, 0.2) is 23.3 Å². The largest absolute Gasteiger partial charge is 0.316 e. The Labute approximate surface area is 109 Å². The molecule has 0 amide bonds. The summed E-state index contributed by atoms with van der Waals surface area (Å²) in [5, 5.41) is 11.2. The fraction of sp³-hybridized carbons (Fsp3) is 0.714. The molecule has 18 heavy (non-hydrogen) atoms. The zero-order valence-electron chi connectivity index (χ0n) is 11.6. The summed E-state index contributed by atoms with van der Waals surface area (Å²) in [6.45, 7) is 6.02. The van der Waals surface area contributed by atoms with Crippen molar-refractivity contribution >= 4 is 0 Å². The van der Waals surface area contributed by atoms with Crippen LogP contribution in [0.25, 0.3) is 0 Å². The highest BCUT2D eigenvalue weighted by Crippen LogP contribution is 2.30. The van der Waals surface area contributed by atoms with E-state index in [0.29, 0.717) is 6.42 Å². The van der Waals surface area contributed by atoms with Crippen molar-refractivity contribution in [3.63, 3.8) is 0 Å². The van der Waals surface area contributed by atoms with Gasteiger partial charge < -0.3 is 5.73 Å². The second-order valence-electron chi connectivity index (χ2n) is 5.33. The second kappa shape index (κ2) is 6.14. The zero-order valence-corrected chi connectivity index (χ0v) is 11.6. The smallest absolute Gasteiger partial charge is 0.253 e. The van der Waals surface area contributed by atoms with Gasteiger partial charge in [0.1, 0.15) is 5.54 Å². The van der Waals surface area contributed by atoms with Crippen LogP contribution < -0.4 is 5.73 Å². The van der Waals surface area contributed by atoms with Gasteiger partial charge in [-0.05, 0) is 31.9 Å².